The largest absolute Gasteiger partial charge is 0.493 e. The normalized spacial score (nSPS) is 10.6. The predicted octanol–water partition coefficient (Wildman–Crippen LogP) is 2.91. The summed E-state index contributed by atoms with van der Waals surface area (Å²) < 4.78 is 10.7. The quantitative estimate of drug-likeness (QED) is 0.223. The van der Waals surface area contributed by atoms with Crippen molar-refractivity contribution >= 4 is 11.7 Å². The monoisotopic (exact) mass is 278 g/mol. The Morgan fingerprint density at radius 1 is 1.45 bits per heavy atom. The zero-order valence-corrected chi connectivity index (χ0v) is 11.8. The number of carbonyl (C=O) groups is 1. The molecule has 1 rings (SSSR count). The smallest absolute Gasteiger partial charge is 0.342 e. The first-order chi connectivity index (χ1) is 9.33. The fourth-order valence-electron chi connectivity index (χ4n) is 1.41. The molecule has 0 fully saturated rings. The van der Waals surface area contributed by atoms with E-state index >= 15 is 0 Å². The van der Waals surface area contributed by atoms with Crippen LogP contribution in [0.2, 0.25) is 0 Å². The second-order valence-corrected chi connectivity index (χ2v) is 5.06. The van der Waals surface area contributed by atoms with E-state index in [0.717, 1.165) is 0 Å². The first kappa shape index (κ1) is 15.7. The molecule has 108 valence electrons. The van der Waals surface area contributed by atoms with Gasteiger partial charge in [0.05, 0.1) is 13.2 Å². The first-order valence-electron chi connectivity index (χ1n) is 6.10. The van der Waals surface area contributed by atoms with Gasteiger partial charge in [0, 0.05) is 10.6 Å². The number of anilines is 1. The van der Waals surface area contributed by atoms with E-state index in [0.29, 0.717) is 11.4 Å². The molecule has 0 aliphatic heterocycles. The molecule has 0 heterocycles. The number of carbonyl (C=O) groups excluding carboxylic acids is 1. The van der Waals surface area contributed by atoms with Crippen molar-refractivity contribution in [1.82, 2.24) is 0 Å². The van der Waals surface area contributed by atoms with Gasteiger partial charge in [-0.15, -0.1) is 0 Å². The van der Waals surface area contributed by atoms with E-state index in [4.69, 9.17) is 20.7 Å². The summed E-state index contributed by atoms with van der Waals surface area (Å²) in [5.41, 5.74) is 13.9. The molecule has 20 heavy (non-hydrogen) atoms. The van der Waals surface area contributed by atoms with Crippen molar-refractivity contribution in [2.75, 3.05) is 18.9 Å². The number of rotatable bonds is 5. The van der Waals surface area contributed by atoms with Crippen LogP contribution in [0.4, 0.5) is 5.69 Å². The Morgan fingerprint density at radius 3 is 2.75 bits per heavy atom. The summed E-state index contributed by atoms with van der Waals surface area (Å²) in [4.78, 5) is 14.7. The van der Waals surface area contributed by atoms with Crippen molar-refractivity contribution in [2.45, 2.75) is 26.4 Å². The molecule has 0 spiro atoms. The van der Waals surface area contributed by atoms with Gasteiger partial charge in [-0.1, -0.05) is 5.11 Å². The van der Waals surface area contributed by atoms with E-state index in [9.17, 15) is 4.79 Å². The Morgan fingerprint density at radius 2 is 2.15 bits per heavy atom. The summed E-state index contributed by atoms with van der Waals surface area (Å²) >= 11 is 0. The number of hydrogen-bond acceptors (Lipinski definition) is 5. The third kappa shape index (κ3) is 5.07. The molecule has 0 aliphatic rings. The van der Waals surface area contributed by atoms with E-state index in [2.05, 4.69) is 10.0 Å². The molecule has 1 aromatic carbocycles. The SMILES string of the molecule is CC(C)(C)OC(=O)c1cc(N)ccc1OCCN=[N+]=[N-]. The van der Waals surface area contributed by atoms with Crippen molar-refractivity contribution in [2.24, 2.45) is 5.11 Å². The maximum Gasteiger partial charge on any atom is 0.342 e. The number of hydrogen-bond donors (Lipinski definition) is 1. The van der Waals surface area contributed by atoms with Gasteiger partial charge in [0.15, 0.2) is 0 Å². The van der Waals surface area contributed by atoms with Crippen LogP contribution in [0.3, 0.4) is 0 Å². The Hall–Kier alpha value is -2.40. The van der Waals surface area contributed by atoms with Crippen LogP contribution >= 0.6 is 0 Å². The average Bonchev–Trinajstić information content (AvgIpc) is 2.34. The highest BCUT2D eigenvalue weighted by Crippen LogP contribution is 2.24. The van der Waals surface area contributed by atoms with E-state index < -0.39 is 11.6 Å². The average molecular weight is 278 g/mol. The molecule has 1 aromatic rings. The lowest BCUT2D eigenvalue weighted by Crippen LogP contribution is -2.24. The molecule has 0 radical (unpaired) electrons. The molecule has 7 heteroatoms. The summed E-state index contributed by atoms with van der Waals surface area (Å²) in [6.45, 7) is 5.68. The number of benzene rings is 1. The first-order valence-corrected chi connectivity index (χ1v) is 6.10. The summed E-state index contributed by atoms with van der Waals surface area (Å²) in [6.07, 6.45) is 0. The standard InChI is InChI=1S/C13H18N4O3/c1-13(2,3)20-12(18)10-8-9(14)4-5-11(10)19-7-6-16-17-15/h4-5,8H,6-7,14H2,1-3H3. The van der Waals surface area contributed by atoms with Crippen molar-refractivity contribution in [3.05, 3.63) is 34.2 Å². The van der Waals surface area contributed by atoms with Gasteiger partial charge in [0.2, 0.25) is 0 Å². The van der Waals surface area contributed by atoms with Crippen LogP contribution in [0.15, 0.2) is 23.3 Å². The van der Waals surface area contributed by atoms with Gasteiger partial charge in [-0.25, -0.2) is 4.79 Å². The van der Waals surface area contributed by atoms with E-state index in [1.165, 1.54) is 6.07 Å². The van der Waals surface area contributed by atoms with Gasteiger partial charge >= 0.3 is 5.97 Å². The second-order valence-electron chi connectivity index (χ2n) is 5.06. The van der Waals surface area contributed by atoms with Crippen LogP contribution < -0.4 is 10.5 Å². The zero-order chi connectivity index (χ0) is 15.2. The second kappa shape index (κ2) is 6.68. The minimum absolute atomic E-state index is 0.170. The van der Waals surface area contributed by atoms with Crippen LogP contribution in [0.5, 0.6) is 5.75 Å². The van der Waals surface area contributed by atoms with Crippen LogP contribution in [0.1, 0.15) is 31.1 Å². The van der Waals surface area contributed by atoms with Crippen molar-refractivity contribution in [1.29, 1.82) is 0 Å². The van der Waals surface area contributed by atoms with Crippen LogP contribution in [-0.4, -0.2) is 24.7 Å². The highest BCUT2D eigenvalue weighted by molar-refractivity contribution is 5.93. The maximum atomic E-state index is 12.1. The fraction of sp³-hybridized carbons (Fsp3) is 0.462. The lowest BCUT2D eigenvalue weighted by molar-refractivity contribution is 0.00659. The lowest BCUT2D eigenvalue weighted by atomic mass is 10.1. The zero-order valence-electron chi connectivity index (χ0n) is 11.8. The lowest BCUT2D eigenvalue weighted by Gasteiger charge is -2.20. The molecule has 0 amide bonds. The Balaban J connectivity index is 2.89. The van der Waals surface area contributed by atoms with E-state index in [1.807, 2.05) is 0 Å². The van der Waals surface area contributed by atoms with Crippen molar-refractivity contribution in [3.63, 3.8) is 0 Å². The van der Waals surface area contributed by atoms with Crippen molar-refractivity contribution in [3.8, 4) is 5.75 Å². The number of nitrogens with two attached hydrogens (primary N) is 1. The molecule has 7 nitrogen and oxygen atoms in total. The number of nitrogens with zero attached hydrogens (tertiary/aromatic N) is 3. The molecule has 0 saturated heterocycles. The highest BCUT2D eigenvalue weighted by atomic mass is 16.6. The van der Waals surface area contributed by atoms with Crippen LogP contribution in [-0.2, 0) is 4.74 Å². The molecule has 2 N–H and O–H groups in total. The summed E-state index contributed by atoms with van der Waals surface area (Å²) in [5.74, 6) is -0.162. The van der Waals surface area contributed by atoms with E-state index in [1.54, 1.807) is 32.9 Å². The molecule has 0 saturated carbocycles. The van der Waals surface area contributed by atoms with Gasteiger partial charge < -0.3 is 15.2 Å². The van der Waals surface area contributed by atoms with E-state index in [-0.39, 0.29) is 18.7 Å². The molecule has 0 aromatic heterocycles. The molecule has 0 bridgehead atoms. The minimum Gasteiger partial charge on any atom is -0.493 e. The molecular weight excluding hydrogens is 260 g/mol. The highest BCUT2D eigenvalue weighted by Gasteiger charge is 2.21. The van der Waals surface area contributed by atoms with Crippen molar-refractivity contribution < 1.29 is 14.3 Å². The molecule has 0 unspecified atom stereocenters. The third-order valence-electron chi connectivity index (χ3n) is 2.13. The van der Waals surface area contributed by atoms with Gasteiger partial charge in [0.1, 0.15) is 16.9 Å². The number of ether oxygens (including phenoxy) is 2. The molecule has 0 aliphatic carbocycles. The van der Waals surface area contributed by atoms with Gasteiger partial charge in [0.25, 0.3) is 0 Å². The number of nitrogen functional groups attached to an aromatic ring is 1. The van der Waals surface area contributed by atoms with Gasteiger partial charge in [-0.3, -0.25) is 0 Å². The molecular formula is C13H18N4O3. The number of esters is 1. The van der Waals surface area contributed by atoms with Crippen LogP contribution in [0, 0.1) is 0 Å². The van der Waals surface area contributed by atoms with Gasteiger partial charge in [-0.05, 0) is 44.5 Å². The summed E-state index contributed by atoms with van der Waals surface area (Å²) in [5, 5.41) is 3.35. The Bertz CT molecular complexity index is 531. The predicted molar refractivity (Wildman–Crippen MR) is 75.5 cm³/mol. The topological polar surface area (TPSA) is 110 Å². The van der Waals surface area contributed by atoms with Gasteiger partial charge in [-0.2, -0.15) is 0 Å². The van der Waals surface area contributed by atoms with Crippen LogP contribution in [0.25, 0.3) is 10.4 Å². The summed E-state index contributed by atoms with van der Waals surface area (Å²) in [6, 6.07) is 4.71. The summed E-state index contributed by atoms with van der Waals surface area (Å²) in [7, 11) is 0. The number of azide groups is 1. The molecule has 0 atom stereocenters. The maximum absolute atomic E-state index is 12.1. The Labute approximate surface area is 117 Å². The minimum atomic E-state index is -0.607. The third-order valence-corrected chi connectivity index (χ3v) is 2.13. The fourth-order valence-corrected chi connectivity index (χ4v) is 1.41. The Kier molecular flexibility index (Phi) is 5.23.